The van der Waals surface area contributed by atoms with Gasteiger partial charge < -0.3 is 29.9 Å². The molecule has 30 heavy (non-hydrogen) atoms. The van der Waals surface area contributed by atoms with Gasteiger partial charge in [0.05, 0.1) is 0 Å². The standard InChI is InChI=1S/C13H12O.C13H13.2ClH.Ti/c14-13(11-7-3-1-4-8-11)12-9-5-2-6-10-12;1-10-8-11(2)13(9-10)12-6-4-3-5-7-12;;;/h1-10,13-14H;3-6,8-9,13H,1-2H3;2*1H;/q;-1;;;+3/p-2. The third-order valence-electron chi connectivity index (χ3n) is 4.67. The summed E-state index contributed by atoms with van der Waals surface area (Å²) in [5.41, 5.74) is 5.91. The number of benzene rings is 3. The number of aliphatic hydroxyl groups is 1. The molecule has 0 aromatic heterocycles. The molecule has 0 fully saturated rings. The van der Waals surface area contributed by atoms with Crippen LogP contribution >= 0.6 is 0 Å². The van der Waals surface area contributed by atoms with Gasteiger partial charge >= 0.3 is 21.7 Å². The minimum Gasteiger partial charge on any atom is -1.00 e. The molecule has 1 aliphatic carbocycles. The van der Waals surface area contributed by atoms with E-state index in [1.165, 1.54) is 16.7 Å². The predicted molar refractivity (Wildman–Crippen MR) is 112 cm³/mol. The van der Waals surface area contributed by atoms with Crippen LogP contribution in [0.5, 0.6) is 0 Å². The molecule has 0 bridgehead atoms. The molecule has 1 nitrogen and oxygen atoms in total. The molecule has 0 aliphatic heterocycles. The molecule has 4 heteroatoms. The second-order valence-corrected chi connectivity index (χ2v) is 6.82. The van der Waals surface area contributed by atoms with Gasteiger partial charge in [-0.1, -0.05) is 84.0 Å². The fourth-order valence-electron chi connectivity index (χ4n) is 3.29. The maximum atomic E-state index is 9.99. The summed E-state index contributed by atoms with van der Waals surface area (Å²) in [4.78, 5) is 0. The van der Waals surface area contributed by atoms with Crippen LogP contribution in [0, 0.1) is 6.07 Å². The topological polar surface area (TPSA) is 20.2 Å². The van der Waals surface area contributed by atoms with Crippen LogP contribution in [0.2, 0.25) is 0 Å². The summed E-state index contributed by atoms with van der Waals surface area (Å²) in [7, 11) is 0. The van der Waals surface area contributed by atoms with Gasteiger partial charge in [0, 0.05) is 5.92 Å². The molecule has 4 rings (SSSR count). The SMILES string of the molecule is CC1=CC(c2[c-]cccc2)C(C)=C1.OC(c1ccccc1)c1ccccc1.[Cl-].[Cl-].[Ti+3]. The number of hydrogen-bond acceptors (Lipinski definition) is 1. The fraction of sp³-hybridized carbons (Fsp3) is 0.154. The van der Waals surface area contributed by atoms with Crippen molar-refractivity contribution < 1.29 is 51.6 Å². The Bertz CT molecular complexity index is 870. The molecule has 1 radical (unpaired) electrons. The van der Waals surface area contributed by atoms with Crippen LogP contribution in [-0.4, -0.2) is 5.11 Å². The Hall–Kier alpha value is -1.61. The van der Waals surface area contributed by atoms with Crippen molar-refractivity contribution in [3.05, 3.63) is 131 Å². The zero-order valence-corrected chi connectivity index (χ0v) is 20.2. The van der Waals surface area contributed by atoms with Crippen molar-refractivity contribution in [2.75, 3.05) is 0 Å². The van der Waals surface area contributed by atoms with Crippen LogP contribution in [0.1, 0.15) is 42.6 Å². The van der Waals surface area contributed by atoms with Crippen molar-refractivity contribution in [1.29, 1.82) is 0 Å². The van der Waals surface area contributed by atoms with Crippen LogP contribution in [-0.2, 0) is 21.7 Å². The molecule has 1 atom stereocenters. The maximum Gasteiger partial charge on any atom is 3.00 e. The summed E-state index contributed by atoms with van der Waals surface area (Å²) >= 11 is 0. The molecule has 0 heterocycles. The zero-order valence-electron chi connectivity index (χ0n) is 17.1. The molecule has 0 spiro atoms. The Morgan fingerprint density at radius 2 is 1.27 bits per heavy atom. The summed E-state index contributed by atoms with van der Waals surface area (Å²) in [6.07, 6.45) is 4.02. The van der Waals surface area contributed by atoms with E-state index in [0.29, 0.717) is 5.92 Å². The monoisotopic (exact) mass is 471 g/mol. The number of rotatable bonds is 3. The van der Waals surface area contributed by atoms with Gasteiger partial charge in [-0.15, -0.1) is 0 Å². The van der Waals surface area contributed by atoms with E-state index < -0.39 is 6.10 Å². The third-order valence-corrected chi connectivity index (χ3v) is 4.67. The Kier molecular flexibility index (Phi) is 13.6. The Morgan fingerprint density at radius 3 is 1.67 bits per heavy atom. The minimum absolute atomic E-state index is 0. The minimum atomic E-state index is -0.516. The predicted octanol–water partition coefficient (Wildman–Crippen LogP) is 0.250. The van der Waals surface area contributed by atoms with E-state index in [1.807, 2.05) is 72.8 Å². The molecule has 1 unspecified atom stereocenters. The van der Waals surface area contributed by atoms with Gasteiger partial charge in [0.15, 0.2) is 0 Å². The van der Waals surface area contributed by atoms with E-state index in [-0.39, 0.29) is 46.5 Å². The second-order valence-electron chi connectivity index (χ2n) is 6.82. The Morgan fingerprint density at radius 1 is 0.767 bits per heavy atom. The Labute approximate surface area is 207 Å². The quantitative estimate of drug-likeness (QED) is 0.429. The van der Waals surface area contributed by atoms with Gasteiger partial charge in [0.1, 0.15) is 6.10 Å². The van der Waals surface area contributed by atoms with E-state index in [1.54, 1.807) is 0 Å². The van der Waals surface area contributed by atoms with Gasteiger partial charge in [0.2, 0.25) is 0 Å². The van der Waals surface area contributed by atoms with Gasteiger partial charge in [-0.2, -0.15) is 35.9 Å². The zero-order chi connectivity index (χ0) is 19.1. The first-order valence-electron chi connectivity index (χ1n) is 9.26. The van der Waals surface area contributed by atoms with Crippen molar-refractivity contribution in [2.24, 2.45) is 0 Å². The molecule has 3 aromatic rings. The van der Waals surface area contributed by atoms with Crippen molar-refractivity contribution in [2.45, 2.75) is 25.9 Å². The summed E-state index contributed by atoms with van der Waals surface area (Å²) in [5.74, 6) is 0.459. The van der Waals surface area contributed by atoms with Crippen LogP contribution in [0.25, 0.3) is 0 Å². The summed E-state index contributed by atoms with van der Waals surface area (Å²) in [6, 6.07) is 30.8. The molecular formula is C26H25Cl2OTi. The van der Waals surface area contributed by atoms with Crippen LogP contribution in [0.3, 0.4) is 0 Å². The first-order chi connectivity index (χ1) is 13.1. The summed E-state index contributed by atoms with van der Waals surface area (Å²) < 4.78 is 0. The van der Waals surface area contributed by atoms with Crippen LogP contribution in [0.15, 0.2) is 108 Å². The molecule has 0 amide bonds. The second kappa shape index (κ2) is 14.4. The first-order valence-corrected chi connectivity index (χ1v) is 9.26. The Balaban J connectivity index is 0.000000511. The van der Waals surface area contributed by atoms with E-state index in [0.717, 1.165) is 11.1 Å². The molecular weight excluding hydrogens is 447 g/mol. The number of aliphatic hydroxyl groups excluding tert-OH is 1. The average Bonchev–Trinajstić information content (AvgIpc) is 3.08. The number of allylic oxidation sites excluding steroid dienone is 4. The molecule has 153 valence electrons. The maximum absolute atomic E-state index is 9.99. The van der Waals surface area contributed by atoms with Crippen LogP contribution in [0.4, 0.5) is 0 Å². The number of halogens is 2. The molecule has 1 aliphatic rings. The van der Waals surface area contributed by atoms with E-state index >= 15 is 0 Å². The normalized spacial score (nSPS) is 14.1. The summed E-state index contributed by atoms with van der Waals surface area (Å²) in [6.45, 7) is 4.32. The summed E-state index contributed by atoms with van der Waals surface area (Å²) in [5, 5.41) is 9.99. The molecule has 0 saturated carbocycles. The molecule has 3 aromatic carbocycles. The van der Waals surface area contributed by atoms with Crippen LogP contribution < -0.4 is 24.8 Å². The van der Waals surface area contributed by atoms with E-state index in [2.05, 4.69) is 44.2 Å². The van der Waals surface area contributed by atoms with E-state index in [4.69, 9.17) is 0 Å². The van der Waals surface area contributed by atoms with Gasteiger partial charge in [-0.05, 0) is 25.0 Å². The van der Waals surface area contributed by atoms with E-state index in [9.17, 15) is 5.11 Å². The molecule has 1 N–H and O–H groups in total. The van der Waals surface area contributed by atoms with Gasteiger partial charge in [-0.3, -0.25) is 0 Å². The van der Waals surface area contributed by atoms with Crippen molar-refractivity contribution >= 4 is 0 Å². The fourth-order valence-corrected chi connectivity index (χ4v) is 3.29. The smallest absolute Gasteiger partial charge is 1.00 e. The van der Waals surface area contributed by atoms with Gasteiger partial charge in [0.25, 0.3) is 0 Å². The van der Waals surface area contributed by atoms with Gasteiger partial charge in [-0.25, -0.2) is 0 Å². The third kappa shape index (κ3) is 7.91. The molecule has 0 saturated heterocycles. The van der Waals surface area contributed by atoms with Crippen molar-refractivity contribution in [3.8, 4) is 0 Å². The van der Waals surface area contributed by atoms with Crippen molar-refractivity contribution in [1.82, 2.24) is 0 Å². The first kappa shape index (κ1) is 28.4. The van der Waals surface area contributed by atoms with Crippen molar-refractivity contribution in [3.63, 3.8) is 0 Å². The number of hydrogen-bond donors (Lipinski definition) is 1. The average molecular weight is 472 g/mol. The largest absolute Gasteiger partial charge is 3.00 e.